The van der Waals surface area contributed by atoms with Crippen LogP contribution in [0.15, 0.2) is 0 Å². The van der Waals surface area contributed by atoms with Crippen molar-refractivity contribution in [1.29, 1.82) is 0 Å². The van der Waals surface area contributed by atoms with E-state index in [-0.39, 0.29) is 12.2 Å². The highest BCUT2D eigenvalue weighted by molar-refractivity contribution is 4.72. The summed E-state index contributed by atoms with van der Waals surface area (Å²) in [6.45, 7) is 7.44. The van der Waals surface area contributed by atoms with E-state index in [2.05, 4.69) is 5.32 Å². The minimum absolute atomic E-state index is 0.206. The van der Waals surface area contributed by atoms with E-state index >= 15 is 0 Å². The van der Waals surface area contributed by atoms with Gasteiger partial charge in [-0.15, -0.1) is 0 Å². The summed E-state index contributed by atoms with van der Waals surface area (Å²) in [5.41, 5.74) is -0.218. The molecule has 0 aliphatic heterocycles. The fourth-order valence-corrected chi connectivity index (χ4v) is 1.05. The predicted molar refractivity (Wildman–Crippen MR) is 51.7 cm³/mol. The summed E-state index contributed by atoms with van der Waals surface area (Å²) in [5.74, 6) is 0. The van der Waals surface area contributed by atoms with Crippen LogP contribution in [-0.2, 0) is 4.74 Å². The SMILES string of the molecule is CCOC(C)(C)CNC[C@H](O)CO. The quantitative estimate of drug-likeness (QED) is 0.519. The zero-order valence-electron chi connectivity index (χ0n) is 8.71. The van der Waals surface area contributed by atoms with Crippen molar-refractivity contribution in [3.05, 3.63) is 0 Å². The van der Waals surface area contributed by atoms with Crippen molar-refractivity contribution >= 4 is 0 Å². The molecule has 0 amide bonds. The average molecular weight is 191 g/mol. The molecule has 4 nitrogen and oxygen atoms in total. The van der Waals surface area contributed by atoms with E-state index < -0.39 is 6.10 Å². The fourth-order valence-electron chi connectivity index (χ4n) is 1.05. The van der Waals surface area contributed by atoms with Gasteiger partial charge in [0.15, 0.2) is 0 Å². The zero-order chi connectivity index (χ0) is 10.3. The maximum absolute atomic E-state index is 9.03. The second-order valence-corrected chi connectivity index (χ2v) is 3.66. The minimum atomic E-state index is -0.683. The third-order valence-electron chi connectivity index (χ3n) is 1.68. The molecule has 0 spiro atoms. The lowest BCUT2D eigenvalue weighted by Crippen LogP contribution is -2.41. The molecule has 0 bridgehead atoms. The van der Waals surface area contributed by atoms with Gasteiger partial charge >= 0.3 is 0 Å². The summed E-state index contributed by atoms with van der Waals surface area (Å²) in [6.07, 6.45) is -0.683. The smallest absolute Gasteiger partial charge is 0.0894 e. The first-order valence-electron chi connectivity index (χ1n) is 4.65. The summed E-state index contributed by atoms with van der Waals surface area (Å²) in [7, 11) is 0. The van der Waals surface area contributed by atoms with Crippen molar-refractivity contribution in [2.75, 3.05) is 26.3 Å². The Morgan fingerprint density at radius 3 is 2.54 bits per heavy atom. The molecule has 0 saturated heterocycles. The lowest BCUT2D eigenvalue weighted by atomic mass is 10.1. The summed E-state index contributed by atoms with van der Waals surface area (Å²) in [6, 6.07) is 0. The Balaban J connectivity index is 3.50. The molecular weight excluding hydrogens is 170 g/mol. The predicted octanol–water partition coefficient (Wildman–Crippen LogP) is -0.256. The number of nitrogens with one attached hydrogen (secondary N) is 1. The molecule has 4 heteroatoms. The molecule has 3 N–H and O–H groups in total. The van der Waals surface area contributed by atoms with Crippen molar-refractivity contribution in [3.63, 3.8) is 0 Å². The standard InChI is InChI=1S/C9H21NO3/c1-4-13-9(2,3)7-10-5-8(12)6-11/h8,10-12H,4-7H2,1-3H3/t8-/m0/s1. The number of hydrogen-bond donors (Lipinski definition) is 3. The van der Waals surface area contributed by atoms with Gasteiger partial charge < -0.3 is 20.3 Å². The van der Waals surface area contributed by atoms with Crippen LogP contribution in [-0.4, -0.2) is 48.2 Å². The lowest BCUT2D eigenvalue weighted by Gasteiger charge is -2.25. The van der Waals surface area contributed by atoms with Crippen LogP contribution < -0.4 is 5.32 Å². The number of aliphatic hydroxyl groups is 2. The maximum atomic E-state index is 9.03. The summed E-state index contributed by atoms with van der Waals surface area (Å²) >= 11 is 0. The largest absolute Gasteiger partial charge is 0.394 e. The third-order valence-corrected chi connectivity index (χ3v) is 1.68. The first kappa shape index (κ1) is 12.8. The average Bonchev–Trinajstić information content (AvgIpc) is 2.03. The van der Waals surface area contributed by atoms with Crippen LogP contribution in [0, 0.1) is 0 Å². The third kappa shape index (κ3) is 6.95. The van der Waals surface area contributed by atoms with Crippen molar-refractivity contribution in [1.82, 2.24) is 5.32 Å². The van der Waals surface area contributed by atoms with Gasteiger partial charge in [0.1, 0.15) is 0 Å². The van der Waals surface area contributed by atoms with E-state index in [1.165, 1.54) is 0 Å². The maximum Gasteiger partial charge on any atom is 0.0894 e. The minimum Gasteiger partial charge on any atom is -0.394 e. The van der Waals surface area contributed by atoms with Crippen LogP contribution >= 0.6 is 0 Å². The molecule has 0 aromatic heterocycles. The van der Waals surface area contributed by atoms with Gasteiger partial charge in [-0.25, -0.2) is 0 Å². The Morgan fingerprint density at radius 2 is 2.08 bits per heavy atom. The molecule has 0 heterocycles. The van der Waals surface area contributed by atoms with Gasteiger partial charge in [-0.05, 0) is 20.8 Å². The normalized spacial score (nSPS) is 14.5. The highest BCUT2D eigenvalue weighted by atomic mass is 16.5. The topological polar surface area (TPSA) is 61.7 Å². The van der Waals surface area contributed by atoms with Crippen LogP contribution in [0.5, 0.6) is 0 Å². The highest BCUT2D eigenvalue weighted by Gasteiger charge is 2.17. The Labute approximate surface area is 79.9 Å². The van der Waals surface area contributed by atoms with Crippen LogP contribution in [0.25, 0.3) is 0 Å². The summed E-state index contributed by atoms with van der Waals surface area (Å²) < 4.78 is 5.44. The van der Waals surface area contributed by atoms with E-state index in [1.54, 1.807) is 0 Å². The molecule has 0 aliphatic rings. The molecule has 0 aromatic rings. The number of aliphatic hydroxyl groups excluding tert-OH is 2. The summed E-state index contributed by atoms with van der Waals surface area (Å²) in [5, 5.41) is 20.6. The van der Waals surface area contributed by atoms with Gasteiger partial charge in [-0.1, -0.05) is 0 Å². The second kappa shape index (κ2) is 6.32. The van der Waals surface area contributed by atoms with Crippen molar-refractivity contribution in [2.24, 2.45) is 0 Å². The molecule has 0 aliphatic carbocycles. The van der Waals surface area contributed by atoms with Crippen molar-refractivity contribution in [3.8, 4) is 0 Å². The van der Waals surface area contributed by atoms with Gasteiger partial charge in [-0.3, -0.25) is 0 Å². The Bertz CT molecular complexity index is 128. The Hall–Kier alpha value is -0.160. The first-order chi connectivity index (χ1) is 6.02. The molecule has 0 saturated carbocycles. The molecule has 1 atom stereocenters. The van der Waals surface area contributed by atoms with E-state index in [4.69, 9.17) is 14.9 Å². The van der Waals surface area contributed by atoms with E-state index in [9.17, 15) is 0 Å². The number of hydrogen-bond acceptors (Lipinski definition) is 4. The van der Waals surface area contributed by atoms with Gasteiger partial charge in [-0.2, -0.15) is 0 Å². The van der Waals surface area contributed by atoms with Crippen LogP contribution in [0.1, 0.15) is 20.8 Å². The molecule has 0 aromatic carbocycles. The van der Waals surface area contributed by atoms with Gasteiger partial charge in [0.2, 0.25) is 0 Å². The van der Waals surface area contributed by atoms with Gasteiger partial charge in [0.05, 0.1) is 18.3 Å². The molecular formula is C9H21NO3. The van der Waals surface area contributed by atoms with E-state index in [1.807, 2.05) is 20.8 Å². The zero-order valence-corrected chi connectivity index (χ0v) is 8.71. The fraction of sp³-hybridized carbons (Fsp3) is 1.00. The van der Waals surface area contributed by atoms with Crippen molar-refractivity contribution in [2.45, 2.75) is 32.5 Å². The molecule has 0 unspecified atom stereocenters. The first-order valence-corrected chi connectivity index (χ1v) is 4.65. The van der Waals surface area contributed by atoms with Crippen LogP contribution in [0.3, 0.4) is 0 Å². The monoisotopic (exact) mass is 191 g/mol. The van der Waals surface area contributed by atoms with Gasteiger partial charge in [0.25, 0.3) is 0 Å². The molecule has 80 valence electrons. The molecule has 0 rings (SSSR count). The number of ether oxygens (including phenoxy) is 1. The Kier molecular flexibility index (Phi) is 6.24. The highest BCUT2D eigenvalue weighted by Crippen LogP contribution is 2.06. The second-order valence-electron chi connectivity index (χ2n) is 3.66. The van der Waals surface area contributed by atoms with Crippen LogP contribution in [0.2, 0.25) is 0 Å². The summed E-state index contributed by atoms with van der Waals surface area (Å²) in [4.78, 5) is 0. The van der Waals surface area contributed by atoms with Gasteiger partial charge in [0, 0.05) is 19.7 Å². The van der Waals surface area contributed by atoms with Crippen LogP contribution in [0.4, 0.5) is 0 Å². The van der Waals surface area contributed by atoms with Crippen molar-refractivity contribution < 1.29 is 14.9 Å². The Morgan fingerprint density at radius 1 is 1.46 bits per heavy atom. The molecule has 13 heavy (non-hydrogen) atoms. The van der Waals surface area contributed by atoms with E-state index in [0.29, 0.717) is 19.7 Å². The molecule has 0 radical (unpaired) electrons. The molecule has 0 fully saturated rings. The number of rotatable bonds is 7. The van der Waals surface area contributed by atoms with E-state index in [0.717, 1.165) is 0 Å². The lowest BCUT2D eigenvalue weighted by molar-refractivity contribution is -0.0115.